The molecule has 1 aromatic rings. The Morgan fingerprint density at radius 1 is 1.27 bits per heavy atom. The molecule has 11 heavy (non-hydrogen) atoms. The van der Waals surface area contributed by atoms with Gasteiger partial charge in [0.05, 0.1) is 5.88 Å². The van der Waals surface area contributed by atoms with Crippen molar-refractivity contribution < 1.29 is 0 Å². The lowest BCUT2D eigenvalue weighted by molar-refractivity contribution is 1.24. The van der Waals surface area contributed by atoms with Gasteiger partial charge in [0.2, 0.25) is 0 Å². The molecule has 0 radical (unpaired) electrons. The highest BCUT2D eigenvalue weighted by atomic mass is 35.5. The summed E-state index contributed by atoms with van der Waals surface area (Å²) >= 11 is 5.38. The zero-order chi connectivity index (χ0) is 7.94. The maximum absolute atomic E-state index is 5.38. The van der Waals surface area contributed by atoms with E-state index in [1.54, 1.807) is 12.4 Å². The second kappa shape index (κ2) is 4.76. The highest BCUT2D eigenvalue weighted by molar-refractivity contribution is 6.19. The molecule has 0 saturated heterocycles. The Morgan fingerprint density at radius 2 is 2.00 bits per heavy atom. The number of alkyl halides is 1. The van der Waals surface area contributed by atoms with Crippen LogP contribution in [-0.2, 0) is 6.42 Å². The molecule has 0 fully saturated rings. The summed E-state index contributed by atoms with van der Waals surface area (Å²) in [5.74, 6) is 6.14. The predicted molar refractivity (Wildman–Crippen MR) is 46.4 cm³/mol. The van der Waals surface area contributed by atoms with Crippen LogP contribution in [0.2, 0.25) is 0 Å². The van der Waals surface area contributed by atoms with Crippen molar-refractivity contribution in [3.63, 3.8) is 0 Å². The van der Waals surface area contributed by atoms with E-state index in [2.05, 4.69) is 16.8 Å². The molecular weight excluding hydrogens is 158 g/mol. The van der Waals surface area contributed by atoms with Gasteiger partial charge < -0.3 is 0 Å². The summed E-state index contributed by atoms with van der Waals surface area (Å²) in [7, 11) is 0. The first-order valence-electron chi connectivity index (χ1n) is 3.34. The quantitative estimate of drug-likeness (QED) is 0.457. The number of rotatable bonds is 1. The van der Waals surface area contributed by atoms with Crippen LogP contribution in [0.25, 0.3) is 0 Å². The molecule has 0 spiro atoms. The number of nitrogens with zero attached hydrogens (tertiary/aromatic N) is 1. The van der Waals surface area contributed by atoms with Crippen molar-refractivity contribution >= 4 is 11.6 Å². The van der Waals surface area contributed by atoms with Gasteiger partial charge in [0, 0.05) is 18.8 Å². The van der Waals surface area contributed by atoms with Crippen LogP contribution in [0.15, 0.2) is 24.5 Å². The second-order valence-electron chi connectivity index (χ2n) is 2.02. The Labute approximate surface area is 71.4 Å². The molecule has 2 heteroatoms. The van der Waals surface area contributed by atoms with Gasteiger partial charge >= 0.3 is 0 Å². The molecule has 0 aliphatic heterocycles. The van der Waals surface area contributed by atoms with E-state index in [-0.39, 0.29) is 0 Å². The Balaban J connectivity index is 2.52. The minimum atomic E-state index is 0.408. The van der Waals surface area contributed by atoms with Crippen molar-refractivity contribution in [3.05, 3.63) is 30.1 Å². The van der Waals surface area contributed by atoms with Gasteiger partial charge in [-0.15, -0.1) is 11.6 Å². The molecule has 1 heterocycles. The fourth-order valence-corrected chi connectivity index (χ4v) is 0.807. The summed E-state index contributed by atoms with van der Waals surface area (Å²) in [4.78, 5) is 3.90. The van der Waals surface area contributed by atoms with Crippen molar-refractivity contribution in [2.75, 3.05) is 5.88 Å². The fourth-order valence-electron chi connectivity index (χ4n) is 0.712. The molecule has 0 saturated carbocycles. The van der Waals surface area contributed by atoms with Crippen molar-refractivity contribution in [1.29, 1.82) is 0 Å². The van der Waals surface area contributed by atoms with Gasteiger partial charge in [0.25, 0.3) is 0 Å². The predicted octanol–water partition coefficient (Wildman–Crippen LogP) is 1.87. The standard InChI is InChI=1S/C9H8ClN/c10-6-2-1-3-9-4-7-11-8-5-9/h4-5,7-8H,3,6H2. The van der Waals surface area contributed by atoms with Gasteiger partial charge in [-0.25, -0.2) is 0 Å². The first-order chi connectivity index (χ1) is 5.43. The first kappa shape index (κ1) is 8.10. The van der Waals surface area contributed by atoms with E-state index in [1.165, 1.54) is 5.56 Å². The molecule has 0 unspecified atom stereocenters. The summed E-state index contributed by atoms with van der Waals surface area (Å²) < 4.78 is 0. The lowest BCUT2D eigenvalue weighted by Gasteiger charge is -1.89. The third kappa shape index (κ3) is 3.06. The molecule has 0 atom stereocenters. The number of pyridine rings is 1. The summed E-state index contributed by atoms with van der Waals surface area (Å²) in [5, 5.41) is 0. The van der Waals surface area contributed by atoms with Gasteiger partial charge in [-0.2, -0.15) is 0 Å². The Morgan fingerprint density at radius 3 is 2.64 bits per heavy atom. The maximum atomic E-state index is 5.38. The molecular formula is C9H8ClN. The molecule has 1 aromatic heterocycles. The second-order valence-corrected chi connectivity index (χ2v) is 2.29. The van der Waals surface area contributed by atoms with Crippen LogP contribution in [0, 0.1) is 11.8 Å². The summed E-state index contributed by atoms with van der Waals surface area (Å²) in [5.41, 5.74) is 1.18. The smallest absolute Gasteiger partial charge is 0.0835 e. The Hall–Kier alpha value is -1.00. The summed E-state index contributed by atoms with van der Waals surface area (Å²) in [6.45, 7) is 0. The van der Waals surface area contributed by atoms with Crippen LogP contribution in [0.1, 0.15) is 5.56 Å². The molecule has 0 bridgehead atoms. The average molecular weight is 166 g/mol. The lowest BCUT2D eigenvalue weighted by atomic mass is 10.2. The van der Waals surface area contributed by atoms with E-state index >= 15 is 0 Å². The minimum Gasteiger partial charge on any atom is -0.265 e. The fraction of sp³-hybridized carbons (Fsp3) is 0.222. The SMILES string of the molecule is ClCC#CCc1ccncc1. The molecule has 1 nitrogen and oxygen atoms in total. The topological polar surface area (TPSA) is 12.9 Å². The Bertz CT molecular complexity index is 258. The summed E-state index contributed by atoms with van der Waals surface area (Å²) in [6.07, 6.45) is 4.28. The van der Waals surface area contributed by atoms with Gasteiger partial charge in [-0.05, 0) is 17.7 Å². The van der Waals surface area contributed by atoms with Crippen LogP contribution in [0.4, 0.5) is 0 Å². The van der Waals surface area contributed by atoms with Crippen LogP contribution >= 0.6 is 11.6 Å². The summed E-state index contributed by atoms with van der Waals surface area (Å²) in [6, 6.07) is 3.89. The molecule has 56 valence electrons. The van der Waals surface area contributed by atoms with Crippen LogP contribution in [0.3, 0.4) is 0 Å². The minimum absolute atomic E-state index is 0.408. The highest BCUT2D eigenvalue weighted by Crippen LogP contribution is 1.95. The number of aromatic nitrogens is 1. The van der Waals surface area contributed by atoms with E-state index in [1.807, 2.05) is 12.1 Å². The van der Waals surface area contributed by atoms with E-state index in [0.29, 0.717) is 5.88 Å². The van der Waals surface area contributed by atoms with Gasteiger partial charge in [-0.3, -0.25) is 4.98 Å². The molecule has 0 N–H and O–H groups in total. The molecule has 0 aromatic carbocycles. The number of halogens is 1. The zero-order valence-corrected chi connectivity index (χ0v) is 6.80. The largest absolute Gasteiger partial charge is 0.265 e. The number of hydrogen-bond acceptors (Lipinski definition) is 1. The van der Waals surface area contributed by atoms with E-state index < -0.39 is 0 Å². The van der Waals surface area contributed by atoms with E-state index in [0.717, 1.165) is 6.42 Å². The number of hydrogen-bond donors (Lipinski definition) is 0. The van der Waals surface area contributed by atoms with Crippen LogP contribution in [-0.4, -0.2) is 10.9 Å². The molecule has 0 aliphatic rings. The third-order valence-electron chi connectivity index (χ3n) is 1.23. The van der Waals surface area contributed by atoms with Crippen LogP contribution in [0.5, 0.6) is 0 Å². The Kier molecular flexibility index (Phi) is 3.51. The normalized spacial score (nSPS) is 8.45. The maximum Gasteiger partial charge on any atom is 0.0835 e. The van der Waals surface area contributed by atoms with Crippen molar-refractivity contribution in [3.8, 4) is 11.8 Å². The first-order valence-corrected chi connectivity index (χ1v) is 3.87. The highest BCUT2D eigenvalue weighted by Gasteiger charge is 1.84. The van der Waals surface area contributed by atoms with Gasteiger partial charge in [0.15, 0.2) is 0 Å². The van der Waals surface area contributed by atoms with Gasteiger partial charge in [0.1, 0.15) is 0 Å². The lowest BCUT2D eigenvalue weighted by Crippen LogP contribution is -1.80. The van der Waals surface area contributed by atoms with Gasteiger partial charge in [-0.1, -0.05) is 11.8 Å². The molecule has 0 aliphatic carbocycles. The van der Waals surface area contributed by atoms with Crippen molar-refractivity contribution in [2.24, 2.45) is 0 Å². The molecule has 1 rings (SSSR count). The van der Waals surface area contributed by atoms with E-state index in [9.17, 15) is 0 Å². The average Bonchev–Trinajstić information content (AvgIpc) is 2.07. The monoisotopic (exact) mass is 165 g/mol. The molecule has 0 amide bonds. The van der Waals surface area contributed by atoms with E-state index in [4.69, 9.17) is 11.6 Å². The third-order valence-corrected chi connectivity index (χ3v) is 1.37. The van der Waals surface area contributed by atoms with Crippen molar-refractivity contribution in [2.45, 2.75) is 6.42 Å². The van der Waals surface area contributed by atoms with Crippen LogP contribution < -0.4 is 0 Å². The van der Waals surface area contributed by atoms with Crippen molar-refractivity contribution in [1.82, 2.24) is 4.98 Å². The zero-order valence-electron chi connectivity index (χ0n) is 6.05.